The molecule has 0 fully saturated rings. The summed E-state index contributed by atoms with van der Waals surface area (Å²) in [6.07, 6.45) is 0. The highest BCUT2D eigenvalue weighted by atomic mass is 32.1. The number of methoxy groups -OCH3 is 1. The molecule has 2 heterocycles. The maximum Gasteiger partial charge on any atom is 0.338 e. The number of hydrogen-bond donors (Lipinski definition) is 2. The van der Waals surface area contributed by atoms with Crippen molar-refractivity contribution in [3.63, 3.8) is 0 Å². The minimum absolute atomic E-state index is 0.138. The largest absolute Gasteiger partial charge is 0.465 e. The van der Waals surface area contributed by atoms with E-state index in [4.69, 9.17) is 10.5 Å². The van der Waals surface area contributed by atoms with Crippen molar-refractivity contribution in [1.29, 1.82) is 0 Å². The number of benzene rings is 1. The second kappa shape index (κ2) is 7.34. The molecule has 1 aromatic carbocycles. The number of nitrogens with two attached hydrogens (primary N) is 1. The van der Waals surface area contributed by atoms with E-state index in [1.165, 1.54) is 23.3 Å². The van der Waals surface area contributed by atoms with Gasteiger partial charge in [-0.1, -0.05) is 6.07 Å². The van der Waals surface area contributed by atoms with E-state index in [-0.39, 0.29) is 28.5 Å². The Morgan fingerprint density at radius 1 is 1.19 bits per heavy atom. The van der Waals surface area contributed by atoms with Gasteiger partial charge in [0.05, 0.1) is 23.1 Å². The van der Waals surface area contributed by atoms with Gasteiger partial charge in [-0.15, -0.1) is 11.3 Å². The molecule has 0 unspecified atom stereocenters. The van der Waals surface area contributed by atoms with Gasteiger partial charge in [-0.25, -0.2) is 4.79 Å². The number of carbonyl (C=O) groups excluding carboxylic acids is 3. The molecule has 0 atom stereocenters. The smallest absolute Gasteiger partial charge is 0.338 e. The minimum Gasteiger partial charge on any atom is -0.465 e. The summed E-state index contributed by atoms with van der Waals surface area (Å²) in [5.41, 5.74) is 6.68. The molecule has 0 aliphatic heterocycles. The standard InChI is InChI=1S/C19H19N3O4S/c1-22(2)18(24)16-15(17(23)13-8-7-10(9-20)27-13)14-11(19(25)26-3)5-4-6-12(14)21-16/h4-8,21H,9,20H2,1-3H3. The Morgan fingerprint density at radius 2 is 1.93 bits per heavy atom. The zero-order chi connectivity index (χ0) is 19.7. The van der Waals surface area contributed by atoms with Gasteiger partial charge in [0.1, 0.15) is 5.69 Å². The fourth-order valence-corrected chi connectivity index (χ4v) is 3.70. The molecule has 140 valence electrons. The van der Waals surface area contributed by atoms with E-state index in [1.54, 1.807) is 44.4 Å². The van der Waals surface area contributed by atoms with Crippen LogP contribution in [0.1, 0.15) is 41.0 Å². The number of amides is 1. The van der Waals surface area contributed by atoms with E-state index in [0.29, 0.717) is 22.3 Å². The van der Waals surface area contributed by atoms with Crippen LogP contribution >= 0.6 is 11.3 Å². The van der Waals surface area contributed by atoms with Crippen LogP contribution in [0.15, 0.2) is 30.3 Å². The molecule has 3 rings (SSSR count). The third kappa shape index (κ3) is 3.24. The summed E-state index contributed by atoms with van der Waals surface area (Å²) < 4.78 is 4.85. The van der Waals surface area contributed by atoms with E-state index in [0.717, 1.165) is 4.88 Å². The molecule has 2 aromatic heterocycles. The Labute approximate surface area is 159 Å². The first-order valence-corrected chi connectivity index (χ1v) is 8.98. The highest BCUT2D eigenvalue weighted by Gasteiger charge is 2.29. The third-order valence-corrected chi connectivity index (χ3v) is 5.27. The molecule has 7 nitrogen and oxygen atoms in total. The molecular formula is C19H19N3O4S. The molecule has 0 saturated heterocycles. The SMILES string of the molecule is COC(=O)c1cccc2[nH]c(C(=O)N(C)C)c(C(=O)c3ccc(CN)s3)c12. The lowest BCUT2D eigenvalue weighted by Gasteiger charge is -2.10. The number of esters is 1. The van der Waals surface area contributed by atoms with Crippen LogP contribution < -0.4 is 5.73 Å². The summed E-state index contributed by atoms with van der Waals surface area (Å²) in [5.74, 6) is -1.28. The first-order chi connectivity index (χ1) is 12.9. The third-order valence-electron chi connectivity index (χ3n) is 4.16. The molecule has 1 amide bonds. The van der Waals surface area contributed by atoms with Crippen LogP contribution in [0.5, 0.6) is 0 Å². The van der Waals surface area contributed by atoms with Crippen LogP contribution in [-0.2, 0) is 11.3 Å². The number of thiophene rings is 1. The van der Waals surface area contributed by atoms with Crippen LogP contribution in [0.4, 0.5) is 0 Å². The lowest BCUT2D eigenvalue weighted by molar-refractivity contribution is 0.0602. The average Bonchev–Trinajstić information content (AvgIpc) is 3.30. The van der Waals surface area contributed by atoms with E-state index in [9.17, 15) is 14.4 Å². The Morgan fingerprint density at radius 3 is 2.52 bits per heavy atom. The fraction of sp³-hybridized carbons (Fsp3) is 0.211. The molecule has 0 saturated carbocycles. The van der Waals surface area contributed by atoms with Crippen molar-refractivity contribution in [2.45, 2.75) is 6.54 Å². The summed E-state index contributed by atoms with van der Waals surface area (Å²) in [4.78, 5) is 43.9. The van der Waals surface area contributed by atoms with Crippen molar-refractivity contribution in [2.75, 3.05) is 21.2 Å². The predicted octanol–water partition coefficient (Wildman–Crippen LogP) is 2.41. The van der Waals surface area contributed by atoms with Crippen molar-refractivity contribution in [3.8, 4) is 0 Å². The number of ether oxygens (including phenoxy) is 1. The van der Waals surface area contributed by atoms with Gasteiger partial charge in [0, 0.05) is 36.4 Å². The molecule has 0 spiro atoms. The summed E-state index contributed by atoms with van der Waals surface area (Å²) in [6.45, 7) is 0.322. The molecule has 0 bridgehead atoms. The number of fused-ring (bicyclic) bond motifs is 1. The highest BCUT2D eigenvalue weighted by Crippen LogP contribution is 2.31. The van der Waals surface area contributed by atoms with Crippen LogP contribution in [-0.4, -0.2) is 48.7 Å². The topological polar surface area (TPSA) is 105 Å². The fourth-order valence-electron chi connectivity index (χ4n) is 2.87. The monoisotopic (exact) mass is 385 g/mol. The predicted molar refractivity (Wildman–Crippen MR) is 103 cm³/mol. The van der Waals surface area contributed by atoms with E-state index < -0.39 is 5.97 Å². The van der Waals surface area contributed by atoms with Gasteiger partial charge in [0.25, 0.3) is 5.91 Å². The van der Waals surface area contributed by atoms with E-state index in [2.05, 4.69) is 4.98 Å². The molecular weight excluding hydrogens is 366 g/mol. The highest BCUT2D eigenvalue weighted by molar-refractivity contribution is 7.14. The quantitative estimate of drug-likeness (QED) is 0.518. The average molecular weight is 385 g/mol. The molecule has 0 radical (unpaired) electrons. The maximum absolute atomic E-state index is 13.3. The summed E-state index contributed by atoms with van der Waals surface area (Å²) in [6, 6.07) is 8.41. The second-order valence-electron chi connectivity index (χ2n) is 6.09. The second-order valence-corrected chi connectivity index (χ2v) is 7.26. The number of rotatable bonds is 5. The van der Waals surface area contributed by atoms with Crippen LogP contribution in [0, 0.1) is 0 Å². The van der Waals surface area contributed by atoms with Gasteiger partial charge in [-0.2, -0.15) is 0 Å². The summed E-state index contributed by atoms with van der Waals surface area (Å²) in [7, 11) is 4.47. The number of ketones is 1. The number of aromatic amines is 1. The van der Waals surface area contributed by atoms with Gasteiger partial charge in [0.15, 0.2) is 0 Å². The van der Waals surface area contributed by atoms with Gasteiger partial charge >= 0.3 is 5.97 Å². The number of carbonyl (C=O) groups is 3. The van der Waals surface area contributed by atoms with Gasteiger partial charge < -0.3 is 20.4 Å². The molecule has 3 aromatic rings. The minimum atomic E-state index is -0.577. The van der Waals surface area contributed by atoms with Crippen molar-refractivity contribution < 1.29 is 19.1 Å². The van der Waals surface area contributed by atoms with Crippen molar-refractivity contribution in [3.05, 3.63) is 56.9 Å². The molecule has 0 aliphatic rings. The zero-order valence-corrected chi connectivity index (χ0v) is 16.0. The van der Waals surface area contributed by atoms with Crippen LogP contribution in [0.3, 0.4) is 0 Å². The maximum atomic E-state index is 13.3. The Balaban J connectivity index is 2.32. The normalized spacial score (nSPS) is 10.8. The zero-order valence-electron chi connectivity index (χ0n) is 15.2. The first-order valence-electron chi connectivity index (χ1n) is 8.17. The van der Waals surface area contributed by atoms with Crippen LogP contribution in [0.2, 0.25) is 0 Å². The number of H-pyrrole nitrogens is 1. The van der Waals surface area contributed by atoms with Gasteiger partial charge in [-0.3, -0.25) is 9.59 Å². The molecule has 27 heavy (non-hydrogen) atoms. The summed E-state index contributed by atoms with van der Waals surface area (Å²) in [5, 5.41) is 0.377. The number of aromatic nitrogens is 1. The van der Waals surface area contributed by atoms with Gasteiger partial charge in [0.2, 0.25) is 5.78 Å². The van der Waals surface area contributed by atoms with E-state index in [1.807, 2.05) is 0 Å². The first kappa shape index (κ1) is 18.8. The Kier molecular flexibility index (Phi) is 5.11. The lowest BCUT2D eigenvalue weighted by atomic mass is 10.00. The van der Waals surface area contributed by atoms with Crippen molar-refractivity contribution in [2.24, 2.45) is 5.73 Å². The number of hydrogen-bond acceptors (Lipinski definition) is 6. The molecule has 8 heteroatoms. The lowest BCUT2D eigenvalue weighted by Crippen LogP contribution is -2.24. The molecule has 0 aliphatic carbocycles. The number of nitrogens with zero attached hydrogens (tertiary/aromatic N) is 1. The van der Waals surface area contributed by atoms with E-state index >= 15 is 0 Å². The van der Waals surface area contributed by atoms with Crippen molar-refractivity contribution >= 4 is 39.9 Å². The summed E-state index contributed by atoms with van der Waals surface area (Å²) >= 11 is 1.27. The molecule has 3 N–H and O–H groups in total. The van der Waals surface area contributed by atoms with Gasteiger partial charge in [-0.05, 0) is 24.3 Å². The Hall–Kier alpha value is -2.97. The van der Waals surface area contributed by atoms with Crippen molar-refractivity contribution in [1.82, 2.24) is 9.88 Å². The Bertz CT molecular complexity index is 1050. The number of nitrogens with one attached hydrogen (secondary N) is 1. The van der Waals surface area contributed by atoms with Crippen LogP contribution in [0.25, 0.3) is 10.9 Å².